The monoisotopic (exact) mass is 346 g/mol. The van der Waals surface area contributed by atoms with Crippen LogP contribution in [0, 0.1) is 5.82 Å². The molecule has 0 saturated carbocycles. The largest absolute Gasteiger partial charge is 0.344 e. The van der Waals surface area contributed by atoms with Gasteiger partial charge in [-0.2, -0.15) is 11.8 Å². The van der Waals surface area contributed by atoms with Gasteiger partial charge in [-0.3, -0.25) is 9.59 Å². The van der Waals surface area contributed by atoms with E-state index in [-0.39, 0.29) is 17.6 Å². The molecule has 1 atom stereocenters. The fourth-order valence-electron chi connectivity index (χ4n) is 2.27. The average Bonchev–Trinajstić information content (AvgIpc) is 2.56. The molecule has 0 aliphatic heterocycles. The first-order valence-corrected chi connectivity index (χ1v) is 8.82. The molecule has 0 aromatic heterocycles. The molecule has 24 heavy (non-hydrogen) atoms. The van der Waals surface area contributed by atoms with E-state index in [1.807, 2.05) is 36.6 Å². The molecular formula is C18H19FN2O2S. The molecule has 126 valence electrons. The molecule has 0 heterocycles. The summed E-state index contributed by atoms with van der Waals surface area (Å²) in [5.74, 6) is -0.568. The fraction of sp³-hybridized carbons (Fsp3) is 0.222. The molecule has 6 heteroatoms. The Morgan fingerprint density at radius 2 is 1.88 bits per heavy atom. The van der Waals surface area contributed by atoms with Gasteiger partial charge in [0.05, 0.1) is 11.7 Å². The zero-order valence-electron chi connectivity index (χ0n) is 13.5. The molecule has 2 aromatic rings. The number of halogens is 1. The summed E-state index contributed by atoms with van der Waals surface area (Å²) in [4.78, 5) is 23.6. The number of hydrogen-bond donors (Lipinski definition) is 2. The van der Waals surface area contributed by atoms with Crippen molar-refractivity contribution < 1.29 is 14.0 Å². The summed E-state index contributed by atoms with van der Waals surface area (Å²) in [5.41, 5.74) is 1.29. The highest BCUT2D eigenvalue weighted by molar-refractivity contribution is 7.98. The molecule has 2 amide bonds. The predicted molar refractivity (Wildman–Crippen MR) is 95.7 cm³/mol. The molecule has 4 nitrogen and oxygen atoms in total. The van der Waals surface area contributed by atoms with Gasteiger partial charge in [0.25, 0.3) is 5.91 Å². The van der Waals surface area contributed by atoms with Crippen LogP contribution in [0.15, 0.2) is 48.5 Å². The van der Waals surface area contributed by atoms with Gasteiger partial charge in [0.15, 0.2) is 0 Å². The number of nitrogens with one attached hydrogen (secondary N) is 2. The van der Waals surface area contributed by atoms with Crippen LogP contribution in [0.1, 0.15) is 28.9 Å². The van der Waals surface area contributed by atoms with E-state index in [1.165, 1.54) is 25.1 Å². The number of thioether (sulfide) groups is 1. The zero-order chi connectivity index (χ0) is 17.5. The molecule has 2 aromatic carbocycles. The Balaban J connectivity index is 2.19. The normalized spacial score (nSPS) is 11.6. The van der Waals surface area contributed by atoms with E-state index in [1.54, 1.807) is 11.8 Å². The van der Waals surface area contributed by atoms with E-state index in [2.05, 4.69) is 10.6 Å². The van der Waals surface area contributed by atoms with Crippen LogP contribution < -0.4 is 10.6 Å². The number of amides is 2. The highest BCUT2D eigenvalue weighted by Crippen LogP contribution is 2.20. The summed E-state index contributed by atoms with van der Waals surface area (Å²) in [7, 11) is 0. The van der Waals surface area contributed by atoms with Crippen molar-refractivity contribution in [1.82, 2.24) is 5.32 Å². The van der Waals surface area contributed by atoms with Crippen molar-refractivity contribution in [2.75, 3.05) is 17.3 Å². The fourth-order valence-corrected chi connectivity index (χ4v) is 2.88. The molecule has 0 aliphatic rings. The van der Waals surface area contributed by atoms with Crippen LogP contribution in [0.3, 0.4) is 0 Å². The number of benzene rings is 2. The van der Waals surface area contributed by atoms with Crippen molar-refractivity contribution >= 4 is 29.3 Å². The molecule has 0 unspecified atom stereocenters. The van der Waals surface area contributed by atoms with Gasteiger partial charge in [0, 0.05) is 18.2 Å². The van der Waals surface area contributed by atoms with Crippen molar-refractivity contribution in [3.8, 4) is 0 Å². The quantitative estimate of drug-likeness (QED) is 0.840. The Bertz CT molecular complexity index is 722. The summed E-state index contributed by atoms with van der Waals surface area (Å²) >= 11 is 1.62. The molecule has 0 bridgehead atoms. The minimum Gasteiger partial charge on any atom is -0.344 e. The number of rotatable bonds is 6. The summed E-state index contributed by atoms with van der Waals surface area (Å²) in [5, 5.41) is 5.34. The average molecular weight is 346 g/mol. The first-order chi connectivity index (χ1) is 11.5. The van der Waals surface area contributed by atoms with Crippen LogP contribution in [0.4, 0.5) is 10.1 Å². The Labute approximate surface area is 144 Å². The molecule has 0 aliphatic carbocycles. The lowest BCUT2D eigenvalue weighted by Crippen LogP contribution is -2.30. The van der Waals surface area contributed by atoms with Gasteiger partial charge in [-0.25, -0.2) is 4.39 Å². The van der Waals surface area contributed by atoms with Gasteiger partial charge in [0.2, 0.25) is 5.91 Å². The lowest BCUT2D eigenvalue weighted by molar-refractivity contribution is -0.114. The van der Waals surface area contributed by atoms with E-state index in [4.69, 9.17) is 0 Å². The van der Waals surface area contributed by atoms with Crippen molar-refractivity contribution in [1.29, 1.82) is 0 Å². The number of carbonyl (C=O) groups is 2. The van der Waals surface area contributed by atoms with E-state index in [0.29, 0.717) is 5.56 Å². The molecule has 0 saturated heterocycles. The van der Waals surface area contributed by atoms with Crippen LogP contribution in [-0.4, -0.2) is 23.8 Å². The molecule has 2 N–H and O–H groups in total. The summed E-state index contributed by atoms with van der Waals surface area (Å²) in [6.45, 7) is 1.29. The van der Waals surface area contributed by atoms with Gasteiger partial charge < -0.3 is 10.6 Å². The second kappa shape index (κ2) is 8.49. The van der Waals surface area contributed by atoms with Crippen molar-refractivity contribution in [2.45, 2.75) is 13.0 Å². The van der Waals surface area contributed by atoms with Crippen LogP contribution >= 0.6 is 11.8 Å². The van der Waals surface area contributed by atoms with Gasteiger partial charge in [0.1, 0.15) is 5.82 Å². The van der Waals surface area contributed by atoms with Crippen LogP contribution in [0.2, 0.25) is 0 Å². The zero-order valence-corrected chi connectivity index (χ0v) is 14.3. The lowest BCUT2D eigenvalue weighted by atomic mass is 10.1. The second-order valence-corrected chi connectivity index (χ2v) is 6.18. The van der Waals surface area contributed by atoms with Crippen LogP contribution in [-0.2, 0) is 4.79 Å². The maximum atomic E-state index is 13.7. The summed E-state index contributed by atoms with van der Waals surface area (Å²) < 4.78 is 13.7. The van der Waals surface area contributed by atoms with Crippen LogP contribution in [0.5, 0.6) is 0 Å². The van der Waals surface area contributed by atoms with Crippen molar-refractivity contribution in [2.24, 2.45) is 0 Å². The lowest BCUT2D eigenvalue weighted by Gasteiger charge is -2.18. The van der Waals surface area contributed by atoms with Crippen molar-refractivity contribution in [3.63, 3.8) is 0 Å². The highest BCUT2D eigenvalue weighted by Gasteiger charge is 2.16. The van der Waals surface area contributed by atoms with E-state index >= 15 is 0 Å². The van der Waals surface area contributed by atoms with E-state index < -0.39 is 11.7 Å². The Morgan fingerprint density at radius 1 is 1.17 bits per heavy atom. The smallest absolute Gasteiger partial charge is 0.251 e. The molecular weight excluding hydrogens is 327 g/mol. The second-order valence-electron chi connectivity index (χ2n) is 5.27. The first-order valence-electron chi connectivity index (χ1n) is 7.43. The number of carbonyl (C=O) groups excluding carboxylic acids is 2. The Kier molecular flexibility index (Phi) is 6.37. The third kappa shape index (κ3) is 4.83. The molecule has 0 spiro atoms. The topological polar surface area (TPSA) is 58.2 Å². The van der Waals surface area contributed by atoms with Gasteiger partial charge in [-0.15, -0.1) is 0 Å². The predicted octanol–water partition coefficient (Wildman–Crippen LogP) is 3.62. The summed E-state index contributed by atoms with van der Waals surface area (Å²) in [6.07, 6.45) is 1.97. The molecule has 0 fully saturated rings. The van der Waals surface area contributed by atoms with Crippen LogP contribution in [0.25, 0.3) is 0 Å². The van der Waals surface area contributed by atoms with Crippen molar-refractivity contribution in [3.05, 3.63) is 65.5 Å². The maximum absolute atomic E-state index is 13.7. The highest BCUT2D eigenvalue weighted by atomic mass is 32.2. The van der Waals surface area contributed by atoms with Gasteiger partial charge in [-0.05, 0) is 30.0 Å². The minimum atomic E-state index is -0.578. The number of anilines is 1. The van der Waals surface area contributed by atoms with E-state index in [0.717, 1.165) is 11.3 Å². The molecule has 0 radical (unpaired) electrons. The Hall–Kier alpha value is -2.34. The number of hydrogen-bond acceptors (Lipinski definition) is 3. The SMILES string of the molecule is CSC[C@H](NC(=O)c1ccc(F)c(NC(C)=O)c1)c1ccccc1. The minimum absolute atomic E-state index is 0.00345. The third-order valence-corrected chi connectivity index (χ3v) is 4.05. The molecule has 2 rings (SSSR count). The first kappa shape index (κ1) is 18.0. The standard InChI is InChI=1S/C18H19FN2O2S/c1-12(22)20-16-10-14(8-9-15(16)19)18(23)21-17(11-24-2)13-6-4-3-5-7-13/h3-10,17H,11H2,1-2H3,(H,20,22)(H,21,23)/t17-/m0/s1. The van der Waals surface area contributed by atoms with E-state index in [9.17, 15) is 14.0 Å². The van der Waals surface area contributed by atoms with Gasteiger partial charge >= 0.3 is 0 Å². The Morgan fingerprint density at radius 3 is 2.50 bits per heavy atom. The third-order valence-electron chi connectivity index (χ3n) is 3.38. The summed E-state index contributed by atoms with van der Waals surface area (Å²) in [6, 6.07) is 13.4. The maximum Gasteiger partial charge on any atom is 0.251 e. The van der Waals surface area contributed by atoms with Gasteiger partial charge in [-0.1, -0.05) is 30.3 Å².